The van der Waals surface area contributed by atoms with Gasteiger partial charge < -0.3 is 14.6 Å². The van der Waals surface area contributed by atoms with Gasteiger partial charge >= 0.3 is 0 Å². The van der Waals surface area contributed by atoms with E-state index in [1.54, 1.807) is 66.7 Å². The summed E-state index contributed by atoms with van der Waals surface area (Å²) in [4.78, 5) is 27.7. The minimum Gasteiger partial charge on any atom is -0.507 e. The van der Waals surface area contributed by atoms with Crippen molar-refractivity contribution in [2.24, 2.45) is 0 Å². The van der Waals surface area contributed by atoms with Crippen molar-refractivity contribution in [2.45, 2.75) is 6.04 Å². The third kappa shape index (κ3) is 3.76. The van der Waals surface area contributed by atoms with E-state index < -0.39 is 17.7 Å². The van der Waals surface area contributed by atoms with Crippen LogP contribution in [0.4, 0.5) is 5.69 Å². The Labute approximate surface area is 193 Å². The van der Waals surface area contributed by atoms with Gasteiger partial charge in [-0.15, -0.1) is 0 Å². The smallest absolute Gasteiger partial charge is 0.300 e. The third-order valence-corrected chi connectivity index (χ3v) is 5.85. The Balaban J connectivity index is 1.96. The van der Waals surface area contributed by atoms with Gasteiger partial charge in [0.05, 0.1) is 25.8 Å². The largest absolute Gasteiger partial charge is 0.507 e. The zero-order valence-electron chi connectivity index (χ0n) is 17.4. The molecule has 1 aliphatic rings. The number of benzene rings is 3. The number of ketones is 1. The summed E-state index contributed by atoms with van der Waals surface area (Å²) < 4.78 is 11.6. The van der Waals surface area contributed by atoms with E-state index in [1.807, 2.05) is 6.07 Å². The van der Waals surface area contributed by atoms with Crippen LogP contribution in [0.2, 0.25) is 0 Å². The number of methoxy groups -OCH3 is 2. The molecule has 0 saturated carbocycles. The summed E-state index contributed by atoms with van der Waals surface area (Å²) in [7, 11) is 3.04. The Morgan fingerprint density at radius 1 is 0.906 bits per heavy atom. The van der Waals surface area contributed by atoms with Crippen LogP contribution >= 0.6 is 15.9 Å². The second-order valence-corrected chi connectivity index (χ2v) is 8.04. The monoisotopic (exact) mass is 493 g/mol. The van der Waals surface area contributed by atoms with Crippen LogP contribution in [0.3, 0.4) is 0 Å². The van der Waals surface area contributed by atoms with E-state index in [2.05, 4.69) is 15.9 Å². The van der Waals surface area contributed by atoms with E-state index in [9.17, 15) is 14.7 Å². The summed E-state index contributed by atoms with van der Waals surface area (Å²) in [5.41, 5.74) is 1.59. The van der Waals surface area contributed by atoms with Gasteiger partial charge in [-0.3, -0.25) is 14.5 Å². The highest BCUT2D eigenvalue weighted by molar-refractivity contribution is 9.10. The molecule has 0 aliphatic carbocycles. The molecule has 0 bridgehead atoms. The van der Waals surface area contributed by atoms with Crippen molar-refractivity contribution in [3.63, 3.8) is 0 Å². The number of carbonyl (C=O) groups is 2. The number of carbonyl (C=O) groups excluding carboxylic acids is 2. The predicted octanol–water partition coefficient (Wildman–Crippen LogP) is 5.09. The molecular formula is C25H20BrNO5. The van der Waals surface area contributed by atoms with Crippen molar-refractivity contribution < 1.29 is 24.2 Å². The number of hydrogen-bond donors (Lipinski definition) is 1. The fraction of sp³-hybridized carbons (Fsp3) is 0.120. The van der Waals surface area contributed by atoms with Crippen molar-refractivity contribution in [1.82, 2.24) is 0 Å². The minimum atomic E-state index is -0.851. The van der Waals surface area contributed by atoms with E-state index >= 15 is 0 Å². The molecule has 3 aromatic rings. The lowest BCUT2D eigenvalue weighted by atomic mass is 9.94. The van der Waals surface area contributed by atoms with Crippen LogP contribution in [0.5, 0.6) is 11.5 Å². The van der Waals surface area contributed by atoms with Crippen molar-refractivity contribution in [1.29, 1.82) is 0 Å². The van der Waals surface area contributed by atoms with Gasteiger partial charge in [0.15, 0.2) is 11.5 Å². The minimum absolute atomic E-state index is 0.0105. The summed E-state index contributed by atoms with van der Waals surface area (Å²) in [6.07, 6.45) is 0. The first kappa shape index (κ1) is 21.6. The van der Waals surface area contributed by atoms with Crippen LogP contribution < -0.4 is 14.4 Å². The molecule has 6 nitrogen and oxygen atoms in total. The average Bonchev–Trinajstić information content (AvgIpc) is 3.09. The Bertz CT molecular complexity index is 1200. The highest BCUT2D eigenvalue weighted by Crippen LogP contribution is 2.44. The molecule has 1 unspecified atom stereocenters. The molecule has 0 spiro atoms. The maximum absolute atomic E-state index is 13.2. The van der Waals surface area contributed by atoms with Crippen LogP contribution in [-0.4, -0.2) is 31.0 Å². The predicted molar refractivity (Wildman–Crippen MR) is 125 cm³/mol. The second-order valence-electron chi connectivity index (χ2n) is 7.13. The maximum Gasteiger partial charge on any atom is 0.300 e. The Morgan fingerprint density at radius 2 is 1.56 bits per heavy atom. The van der Waals surface area contributed by atoms with Crippen molar-refractivity contribution in [3.8, 4) is 11.5 Å². The van der Waals surface area contributed by atoms with Crippen LogP contribution in [0.15, 0.2) is 82.8 Å². The maximum atomic E-state index is 13.2. The van der Waals surface area contributed by atoms with E-state index in [0.29, 0.717) is 28.3 Å². The molecule has 7 heteroatoms. The number of amides is 1. The Hall–Kier alpha value is -3.58. The summed E-state index contributed by atoms with van der Waals surface area (Å²) >= 11 is 3.39. The van der Waals surface area contributed by atoms with Crippen LogP contribution in [0.25, 0.3) is 5.76 Å². The van der Waals surface area contributed by atoms with Crippen LogP contribution in [-0.2, 0) is 9.59 Å². The molecule has 162 valence electrons. The molecule has 1 amide bonds. The molecule has 1 heterocycles. The number of anilines is 1. The van der Waals surface area contributed by atoms with Crippen LogP contribution in [0.1, 0.15) is 17.2 Å². The molecule has 0 radical (unpaired) electrons. The Morgan fingerprint density at radius 3 is 2.19 bits per heavy atom. The van der Waals surface area contributed by atoms with Gasteiger partial charge in [0, 0.05) is 15.7 Å². The van der Waals surface area contributed by atoms with Gasteiger partial charge in [-0.05, 0) is 42.0 Å². The van der Waals surface area contributed by atoms with Gasteiger partial charge in [0.2, 0.25) is 0 Å². The summed E-state index contributed by atoms with van der Waals surface area (Å²) in [5, 5.41) is 11.1. The first-order valence-corrected chi connectivity index (χ1v) is 10.6. The number of nitrogens with zero attached hydrogens (tertiary/aromatic N) is 1. The van der Waals surface area contributed by atoms with Gasteiger partial charge in [-0.1, -0.05) is 52.3 Å². The molecular weight excluding hydrogens is 474 g/mol. The summed E-state index contributed by atoms with van der Waals surface area (Å²) in [6.45, 7) is 0. The highest BCUT2D eigenvalue weighted by Gasteiger charge is 2.47. The first-order valence-electron chi connectivity index (χ1n) is 9.80. The van der Waals surface area contributed by atoms with Crippen molar-refractivity contribution in [2.75, 3.05) is 19.1 Å². The van der Waals surface area contributed by atoms with Gasteiger partial charge in [-0.2, -0.15) is 0 Å². The standard InChI is InChI=1S/C25H20BrNO5/c1-31-19-13-8-16(14-20(19)32-2)22-21(23(28)15-6-4-3-5-7-15)24(29)25(30)27(22)18-11-9-17(26)10-12-18/h3-14,22,28H,1-2H3/b23-21+. The lowest BCUT2D eigenvalue weighted by molar-refractivity contribution is -0.132. The fourth-order valence-electron chi connectivity index (χ4n) is 3.79. The van der Waals surface area contributed by atoms with E-state index in [-0.39, 0.29) is 11.3 Å². The zero-order chi connectivity index (χ0) is 22.8. The van der Waals surface area contributed by atoms with Gasteiger partial charge in [-0.25, -0.2) is 0 Å². The second kappa shape index (κ2) is 8.88. The Kier molecular flexibility index (Phi) is 6.01. The highest BCUT2D eigenvalue weighted by atomic mass is 79.9. The molecule has 0 aromatic heterocycles. The summed E-state index contributed by atoms with van der Waals surface area (Å²) in [6, 6.07) is 20.1. The number of hydrogen-bond acceptors (Lipinski definition) is 5. The zero-order valence-corrected chi connectivity index (χ0v) is 19.0. The number of halogens is 1. The average molecular weight is 494 g/mol. The topological polar surface area (TPSA) is 76.1 Å². The van der Waals surface area contributed by atoms with Crippen LogP contribution in [0, 0.1) is 0 Å². The lowest BCUT2D eigenvalue weighted by Crippen LogP contribution is -2.29. The molecule has 1 saturated heterocycles. The SMILES string of the molecule is COc1ccc(C2/C(=C(\O)c3ccccc3)C(=O)C(=O)N2c2ccc(Br)cc2)cc1OC. The molecule has 3 aromatic carbocycles. The number of rotatable bonds is 5. The van der Waals surface area contributed by atoms with Crippen molar-refractivity contribution >= 4 is 39.1 Å². The van der Waals surface area contributed by atoms with E-state index in [1.165, 1.54) is 19.1 Å². The third-order valence-electron chi connectivity index (χ3n) is 5.32. The molecule has 1 N–H and O–H groups in total. The fourth-order valence-corrected chi connectivity index (χ4v) is 4.05. The quantitative estimate of drug-likeness (QED) is 0.304. The molecule has 32 heavy (non-hydrogen) atoms. The number of aliphatic hydroxyl groups excluding tert-OH is 1. The van der Waals surface area contributed by atoms with Gasteiger partial charge in [0.1, 0.15) is 5.76 Å². The molecule has 1 fully saturated rings. The summed E-state index contributed by atoms with van der Waals surface area (Å²) in [5.74, 6) is -0.743. The molecule has 1 aliphatic heterocycles. The normalized spacial score (nSPS) is 17.5. The van der Waals surface area contributed by atoms with Gasteiger partial charge in [0.25, 0.3) is 11.7 Å². The van der Waals surface area contributed by atoms with E-state index in [4.69, 9.17) is 9.47 Å². The lowest BCUT2D eigenvalue weighted by Gasteiger charge is -2.26. The molecule has 1 atom stereocenters. The first-order chi connectivity index (χ1) is 15.5. The number of aliphatic hydroxyl groups is 1. The number of Topliss-reactive ketones (excluding diaryl/α,β-unsaturated/α-hetero) is 1. The van der Waals surface area contributed by atoms with Crippen molar-refractivity contribution in [3.05, 3.63) is 94.0 Å². The molecule has 4 rings (SSSR count). The van der Waals surface area contributed by atoms with E-state index in [0.717, 1.165) is 4.47 Å². The number of ether oxygens (including phenoxy) is 2.